The summed E-state index contributed by atoms with van der Waals surface area (Å²) in [6, 6.07) is 8.87. The van der Waals surface area contributed by atoms with Crippen LogP contribution in [-0.4, -0.2) is 18.6 Å². The average molecular weight is 340 g/mol. The highest BCUT2D eigenvalue weighted by Crippen LogP contribution is 2.25. The molecule has 1 N–H and O–H groups in total. The number of halogens is 1. The van der Waals surface area contributed by atoms with Crippen LogP contribution < -0.4 is 5.32 Å². The van der Waals surface area contributed by atoms with Crippen molar-refractivity contribution in [2.45, 2.75) is 45.2 Å². The first kappa shape index (κ1) is 15.5. The zero-order valence-electron chi connectivity index (χ0n) is 11.9. The van der Waals surface area contributed by atoms with Crippen LogP contribution in [0.1, 0.15) is 38.2 Å². The molecular weight excluding hydrogens is 318 g/mol. The summed E-state index contributed by atoms with van der Waals surface area (Å²) in [6.07, 6.45) is 3.99. The molecule has 0 atom stereocenters. The van der Waals surface area contributed by atoms with Crippen LogP contribution in [0.5, 0.6) is 0 Å². The van der Waals surface area contributed by atoms with Gasteiger partial charge in [0.1, 0.15) is 0 Å². The number of carbonyl (C=O) groups is 1. The van der Waals surface area contributed by atoms with Gasteiger partial charge >= 0.3 is 5.97 Å². The lowest BCUT2D eigenvalue weighted by Gasteiger charge is -2.28. The van der Waals surface area contributed by atoms with E-state index < -0.39 is 0 Å². The highest BCUT2D eigenvalue weighted by atomic mass is 79.9. The van der Waals surface area contributed by atoms with Gasteiger partial charge in [-0.15, -0.1) is 0 Å². The van der Waals surface area contributed by atoms with Gasteiger partial charge in [0.05, 0.1) is 12.5 Å². The van der Waals surface area contributed by atoms with Crippen molar-refractivity contribution in [3.8, 4) is 0 Å². The van der Waals surface area contributed by atoms with Crippen molar-refractivity contribution in [2.24, 2.45) is 5.92 Å². The molecule has 0 unspecified atom stereocenters. The fourth-order valence-electron chi connectivity index (χ4n) is 2.70. The van der Waals surface area contributed by atoms with Gasteiger partial charge in [-0.1, -0.05) is 28.1 Å². The summed E-state index contributed by atoms with van der Waals surface area (Å²) in [7, 11) is 0. The Morgan fingerprint density at radius 2 is 2.10 bits per heavy atom. The maximum atomic E-state index is 11.7. The Morgan fingerprint density at radius 1 is 1.35 bits per heavy atom. The van der Waals surface area contributed by atoms with Gasteiger partial charge < -0.3 is 10.1 Å². The van der Waals surface area contributed by atoms with Crippen molar-refractivity contribution in [2.75, 3.05) is 6.61 Å². The zero-order chi connectivity index (χ0) is 14.4. The summed E-state index contributed by atoms with van der Waals surface area (Å²) in [5, 5.41) is 3.58. The highest BCUT2D eigenvalue weighted by molar-refractivity contribution is 9.10. The maximum Gasteiger partial charge on any atom is 0.308 e. The van der Waals surface area contributed by atoms with Crippen LogP contribution in [0.4, 0.5) is 0 Å². The molecule has 1 aromatic rings. The second-order valence-electron chi connectivity index (χ2n) is 5.31. The predicted octanol–water partition coefficient (Wildman–Crippen LogP) is 3.66. The standard InChI is InChI=1S/C16H22BrNO2/c1-2-20-16(19)13-6-8-15(9-7-13)18-11-12-4-3-5-14(17)10-12/h3-5,10,13,15,18H,2,6-9,11H2,1H3. The van der Waals surface area contributed by atoms with Gasteiger partial charge in [-0.05, 0) is 50.3 Å². The molecule has 0 aromatic heterocycles. The Kier molecular flexibility index (Phi) is 6.05. The monoisotopic (exact) mass is 339 g/mol. The number of esters is 1. The maximum absolute atomic E-state index is 11.7. The normalized spacial score (nSPS) is 22.5. The van der Waals surface area contributed by atoms with Gasteiger partial charge in [-0.25, -0.2) is 0 Å². The second kappa shape index (κ2) is 7.79. The van der Waals surface area contributed by atoms with Crippen molar-refractivity contribution in [3.05, 3.63) is 34.3 Å². The third-order valence-electron chi connectivity index (χ3n) is 3.83. The van der Waals surface area contributed by atoms with E-state index in [9.17, 15) is 4.79 Å². The summed E-state index contributed by atoms with van der Waals surface area (Å²) >= 11 is 3.49. The molecule has 0 bridgehead atoms. The van der Waals surface area contributed by atoms with Crippen LogP contribution in [0, 0.1) is 5.92 Å². The number of rotatable bonds is 5. The van der Waals surface area contributed by atoms with Gasteiger partial charge in [0.25, 0.3) is 0 Å². The lowest BCUT2D eigenvalue weighted by molar-refractivity contribution is -0.149. The molecular formula is C16H22BrNO2. The Balaban J connectivity index is 1.73. The molecule has 0 heterocycles. The van der Waals surface area contributed by atoms with Crippen LogP contribution in [0.25, 0.3) is 0 Å². The van der Waals surface area contributed by atoms with Crippen molar-refractivity contribution in [1.29, 1.82) is 0 Å². The number of hydrogen-bond acceptors (Lipinski definition) is 3. The van der Waals surface area contributed by atoms with Crippen LogP contribution in [0.15, 0.2) is 28.7 Å². The minimum atomic E-state index is -0.0158. The zero-order valence-corrected chi connectivity index (χ0v) is 13.5. The molecule has 1 aliphatic rings. The fraction of sp³-hybridized carbons (Fsp3) is 0.562. The van der Waals surface area contributed by atoms with Crippen molar-refractivity contribution in [3.63, 3.8) is 0 Å². The number of hydrogen-bond donors (Lipinski definition) is 1. The fourth-order valence-corrected chi connectivity index (χ4v) is 3.15. The largest absolute Gasteiger partial charge is 0.466 e. The SMILES string of the molecule is CCOC(=O)C1CCC(NCc2cccc(Br)c2)CC1. The van der Waals surface area contributed by atoms with E-state index in [1.165, 1.54) is 5.56 Å². The second-order valence-corrected chi connectivity index (χ2v) is 6.23. The summed E-state index contributed by atoms with van der Waals surface area (Å²) in [4.78, 5) is 11.7. The van der Waals surface area contributed by atoms with E-state index in [1.807, 2.05) is 13.0 Å². The first-order chi connectivity index (χ1) is 9.69. The van der Waals surface area contributed by atoms with Crippen molar-refractivity contribution < 1.29 is 9.53 Å². The van der Waals surface area contributed by atoms with E-state index in [0.717, 1.165) is 36.7 Å². The van der Waals surface area contributed by atoms with E-state index in [2.05, 4.69) is 39.4 Å². The van der Waals surface area contributed by atoms with Crippen molar-refractivity contribution in [1.82, 2.24) is 5.32 Å². The van der Waals surface area contributed by atoms with Gasteiger partial charge in [0.2, 0.25) is 0 Å². The molecule has 1 fully saturated rings. The quantitative estimate of drug-likeness (QED) is 0.832. The number of benzene rings is 1. The summed E-state index contributed by atoms with van der Waals surface area (Å²) < 4.78 is 6.21. The Bertz CT molecular complexity index is 442. The number of nitrogens with one attached hydrogen (secondary N) is 1. The molecule has 0 radical (unpaired) electrons. The molecule has 1 aromatic carbocycles. The van der Waals surface area contributed by atoms with E-state index in [1.54, 1.807) is 0 Å². The summed E-state index contributed by atoms with van der Waals surface area (Å²) in [5.41, 5.74) is 1.28. The van der Waals surface area contributed by atoms with Gasteiger partial charge in [-0.2, -0.15) is 0 Å². The highest BCUT2D eigenvalue weighted by Gasteiger charge is 2.26. The lowest BCUT2D eigenvalue weighted by Crippen LogP contribution is -2.35. The predicted molar refractivity (Wildman–Crippen MR) is 83.4 cm³/mol. The molecule has 4 heteroatoms. The summed E-state index contributed by atoms with van der Waals surface area (Å²) in [6.45, 7) is 3.23. The molecule has 1 aliphatic carbocycles. The average Bonchev–Trinajstić information content (AvgIpc) is 2.46. The Labute approximate surface area is 129 Å². The minimum Gasteiger partial charge on any atom is -0.466 e. The van der Waals surface area contributed by atoms with Gasteiger partial charge in [0.15, 0.2) is 0 Å². The molecule has 3 nitrogen and oxygen atoms in total. The van der Waals surface area contributed by atoms with E-state index in [4.69, 9.17) is 4.74 Å². The summed E-state index contributed by atoms with van der Waals surface area (Å²) in [5.74, 6) is 0.0943. The Hall–Kier alpha value is -0.870. The molecule has 0 spiro atoms. The van der Waals surface area contributed by atoms with E-state index in [-0.39, 0.29) is 11.9 Å². The third-order valence-corrected chi connectivity index (χ3v) is 4.32. The molecule has 1 saturated carbocycles. The van der Waals surface area contributed by atoms with E-state index in [0.29, 0.717) is 12.6 Å². The van der Waals surface area contributed by atoms with Crippen LogP contribution in [0.2, 0.25) is 0 Å². The lowest BCUT2D eigenvalue weighted by atomic mass is 9.86. The topological polar surface area (TPSA) is 38.3 Å². The molecule has 0 amide bonds. The van der Waals surface area contributed by atoms with E-state index >= 15 is 0 Å². The number of ether oxygens (including phenoxy) is 1. The van der Waals surface area contributed by atoms with Gasteiger partial charge in [0, 0.05) is 17.1 Å². The first-order valence-corrected chi connectivity index (χ1v) is 8.12. The molecule has 0 aliphatic heterocycles. The first-order valence-electron chi connectivity index (χ1n) is 7.33. The van der Waals surface area contributed by atoms with Gasteiger partial charge in [-0.3, -0.25) is 4.79 Å². The number of carbonyl (C=O) groups excluding carboxylic acids is 1. The minimum absolute atomic E-state index is 0.0158. The molecule has 110 valence electrons. The van der Waals surface area contributed by atoms with Crippen molar-refractivity contribution >= 4 is 21.9 Å². The third kappa shape index (κ3) is 4.60. The molecule has 20 heavy (non-hydrogen) atoms. The van der Waals surface area contributed by atoms with Crippen LogP contribution in [-0.2, 0) is 16.1 Å². The van der Waals surface area contributed by atoms with Crippen LogP contribution >= 0.6 is 15.9 Å². The molecule has 0 saturated heterocycles. The Morgan fingerprint density at radius 3 is 2.75 bits per heavy atom. The smallest absolute Gasteiger partial charge is 0.308 e. The molecule has 2 rings (SSSR count). The van der Waals surface area contributed by atoms with Crippen LogP contribution in [0.3, 0.4) is 0 Å².